The molecule has 0 bridgehead atoms. The summed E-state index contributed by atoms with van der Waals surface area (Å²) in [6.07, 6.45) is 4.90. The standard InChI is InChI=1S/C17H21N7O2/c1-10-22-23-14(26-10)12-9-11(5-6-13(12)25)24-16(19)20-15(18)21-17(24)7-3-2-4-8-17/h5-6,9,25H,2-4,7-8H2,1H3,(H4,18,19,20,21). The summed E-state index contributed by atoms with van der Waals surface area (Å²) in [6.45, 7) is 1.70. The van der Waals surface area contributed by atoms with Crippen LogP contribution in [0.4, 0.5) is 5.69 Å². The van der Waals surface area contributed by atoms with Crippen LogP contribution in [-0.4, -0.2) is 32.9 Å². The van der Waals surface area contributed by atoms with Gasteiger partial charge in [-0.1, -0.05) is 6.42 Å². The highest BCUT2D eigenvalue weighted by molar-refractivity contribution is 6.05. The molecule has 2 heterocycles. The lowest BCUT2D eigenvalue weighted by Gasteiger charge is -2.45. The van der Waals surface area contributed by atoms with E-state index in [1.54, 1.807) is 25.1 Å². The number of aryl methyl sites for hydroxylation is 1. The lowest BCUT2D eigenvalue weighted by Crippen LogP contribution is -2.58. The Morgan fingerprint density at radius 3 is 2.62 bits per heavy atom. The van der Waals surface area contributed by atoms with Crippen LogP contribution in [0.25, 0.3) is 11.5 Å². The van der Waals surface area contributed by atoms with Gasteiger partial charge in [0, 0.05) is 12.6 Å². The van der Waals surface area contributed by atoms with Crippen molar-refractivity contribution < 1.29 is 9.52 Å². The summed E-state index contributed by atoms with van der Waals surface area (Å²) in [5.41, 5.74) is 12.8. The van der Waals surface area contributed by atoms with Crippen molar-refractivity contribution in [3.05, 3.63) is 24.1 Å². The van der Waals surface area contributed by atoms with E-state index in [1.165, 1.54) is 0 Å². The van der Waals surface area contributed by atoms with E-state index in [-0.39, 0.29) is 23.6 Å². The minimum Gasteiger partial charge on any atom is -0.507 e. The van der Waals surface area contributed by atoms with E-state index >= 15 is 0 Å². The van der Waals surface area contributed by atoms with E-state index in [1.807, 2.05) is 4.90 Å². The zero-order chi connectivity index (χ0) is 18.3. The summed E-state index contributed by atoms with van der Waals surface area (Å²) in [4.78, 5) is 10.7. The zero-order valence-electron chi connectivity index (χ0n) is 14.5. The van der Waals surface area contributed by atoms with E-state index in [0.717, 1.165) is 37.8 Å². The molecule has 5 N–H and O–H groups in total. The van der Waals surface area contributed by atoms with Crippen LogP contribution in [0.1, 0.15) is 38.0 Å². The molecule has 1 aromatic carbocycles. The molecule has 0 atom stereocenters. The lowest BCUT2D eigenvalue weighted by molar-refractivity contribution is 0.305. The summed E-state index contributed by atoms with van der Waals surface area (Å²) in [7, 11) is 0. The molecule has 9 heteroatoms. The molecule has 1 aromatic heterocycles. The fourth-order valence-electron chi connectivity index (χ4n) is 3.73. The summed E-state index contributed by atoms with van der Waals surface area (Å²) in [5, 5.41) is 18.1. The van der Waals surface area contributed by atoms with Gasteiger partial charge < -0.3 is 21.0 Å². The number of benzene rings is 1. The van der Waals surface area contributed by atoms with E-state index in [4.69, 9.17) is 15.9 Å². The maximum absolute atomic E-state index is 10.3. The Hall–Kier alpha value is -3.10. The molecular formula is C17H21N7O2. The van der Waals surface area contributed by atoms with Crippen LogP contribution in [0.3, 0.4) is 0 Å². The number of aromatic nitrogens is 2. The number of hydrogen-bond donors (Lipinski definition) is 3. The highest BCUT2D eigenvalue weighted by Gasteiger charge is 2.42. The van der Waals surface area contributed by atoms with Crippen LogP contribution < -0.4 is 16.4 Å². The number of hydrogen-bond acceptors (Lipinski definition) is 9. The van der Waals surface area contributed by atoms with Crippen LogP contribution in [0.15, 0.2) is 32.6 Å². The largest absolute Gasteiger partial charge is 0.507 e. The Morgan fingerprint density at radius 1 is 1.15 bits per heavy atom. The van der Waals surface area contributed by atoms with Gasteiger partial charge in [-0.15, -0.1) is 10.2 Å². The fraction of sp³-hybridized carbons (Fsp3) is 0.412. The first-order chi connectivity index (χ1) is 12.5. The summed E-state index contributed by atoms with van der Waals surface area (Å²) < 4.78 is 5.46. The second-order valence-electron chi connectivity index (χ2n) is 6.65. The molecule has 0 unspecified atom stereocenters. The first-order valence-corrected chi connectivity index (χ1v) is 8.62. The second-order valence-corrected chi connectivity index (χ2v) is 6.65. The quantitative estimate of drug-likeness (QED) is 0.747. The molecule has 1 saturated carbocycles. The summed E-state index contributed by atoms with van der Waals surface area (Å²) >= 11 is 0. The number of nitrogens with two attached hydrogens (primary N) is 2. The van der Waals surface area contributed by atoms with Crippen molar-refractivity contribution in [3.63, 3.8) is 0 Å². The lowest BCUT2D eigenvalue weighted by atomic mass is 9.87. The van der Waals surface area contributed by atoms with Gasteiger partial charge in [-0.3, -0.25) is 4.90 Å². The molecule has 26 heavy (non-hydrogen) atoms. The van der Waals surface area contributed by atoms with Gasteiger partial charge in [0.25, 0.3) is 5.89 Å². The Morgan fingerprint density at radius 2 is 1.92 bits per heavy atom. The van der Waals surface area contributed by atoms with Crippen LogP contribution in [0.2, 0.25) is 0 Å². The molecule has 0 radical (unpaired) electrons. The van der Waals surface area contributed by atoms with Crippen LogP contribution in [0.5, 0.6) is 5.75 Å². The third-order valence-corrected chi connectivity index (χ3v) is 4.85. The average Bonchev–Trinajstić information content (AvgIpc) is 3.02. The number of phenolic OH excluding ortho intramolecular Hbond substituents is 1. The summed E-state index contributed by atoms with van der Waals surface area (Å²) in [6, 6.07) is 5.12. The van der Waals surface area contributed by atoms with Crippen molar-refractivity contribution in [1.82, 2.24) is 10.2 Å². The second kappa shape index (κ2) is 6.01. The van der Waals surface area contributed by atoms with Gasteiger partial charge in [-0.05, 0) is 43.9 Å². The van der Waals surface area contributed by atoms with Crippen molar-refractivity contribution in [2.24, 2.45) is 21.5 Å². The van der Waals surface area contributed by atoms with Gasteiger partial charge in [0.15, 0.2) is 0 Å². The normalized spacial score (nSPS) is 19.3. The van der Waals surface area contributed by atoms with Crippen molar-refractivity contribution in [3.8, 4) is 17.2 Å². The third kappa shape index (κ3) is 2.65. The molecule has 1 aliphatic heterocycles. The third-order valence-electron chi connectivity index (χ3n) is 4.85. The predicted molar refractivity (Wildman–Crippen MR) is 97.7 cm³/mol. The molecule has 1 fully saturated rings. The SMILES string of the molecule is Cc1nnc(-c2cc(N3C(N)=NC(N)=NC34CCCCC4)ccc2O)o1. The minimum atomic E-state index is -0.548. The maximum atomic E-state index is 10.3. The molecule has 136 valence electrons. The first-order valence-electron chi connectivity index (χ1n) is 8.62. The Kier molecular flexibility index (Phi) is 3.78. The average molecular weight is 355 g/mol. The Bertz CT molecular complexity index is 896. The molecule has 2 aliphatic rings. The highest BCUT2D eigenvalue weighted by Crippen LogP contribution is 2.41. The molecule has 9 nitrogen and oxygen atoms in total. The number of anilines is 1. The van der Waals surface area contributed by atoms with Gasteiger partial charge in [-0.25, -0.2) is 4.99 Å². The van der Waals surface area contributed by atoms with E-state index in [2.05, 4.69) is 20.2 Å². The van der Waals surface area contributed by atoms with Gasteiger partial charge >= 0.3 is 0 Å². The molecule has 2 aromatic rings. The zero-order valence-corrected chi connectivity index (χ0v) is 14.5. The van der Waals surface area contributed by atoms with Gasteiger partial charge in [0.2, 0.25) is 17.8 Å². The number of aromatic hydroxyl groups is 1. The van der Waals surface area contributed by atoms with Gasteiger partial charge in [0.05, 0.1) is 5.56 Å². The molecule has 0 amide bonds. The monoisotopic (exact) mass is 355 g/mol. The smallest absolute Gasteiger partial charge is 0.251 e. The van der Waals surface area contributed by atoms with Crippen LogP contribution in [0, 0.1) is 6.92 Å². The van der Waals surface area contributed by atoms with E-state index < -0.39 is 5.66 Å². The molecule has 0 saturated heterocycles. The van der Waals surface area contributed by atoms with Crippen molar-refractivity contribution in [2.75, 3.05) is 4.90 Å². The highest BCUT2D eigenvalue weighted by atomic mass is 16.4. The number of rotatable bonds is 2. The molecular weight excluding hydrogens is 334 g/mol. The Balaban J connectivity index is 1.81. The Labute approximate surface area is 150 Å². The van der Waals surface area contributed by atoms with Gasteiger partial charge in [0.1, 0.15) is 11.4 Å². The van der Waals surface area contributed by atoms with Crippen molar-refractivity contribution in [2.45, 2.75) is 44.7 Å². The summed E-state index contributed by atoms with van der Waals surface area (Å²) in [5.74, 6) is 1.20. The number of guanidine groups is 2. The van der Waals surface area contributed by atoms with Crippen LogP contribution >= 0.6 is 0 Å². The fourth-order valence-corrected chi connectivity index (χ4v) is 3.73. The van der Waals surface area contributed by atoms with Crippen molar-refractivity contribution >= 4 is 17.6 Å². The van der Waals surface area contributed by atoms with Crippen LogP contribution in [-0.2, 0) is 0 Å². The number of aliphatic imine (C=N–C) groups is 2. The van der Waals surface area contributed by atoms with E-state index in [9.17, 15) is 5.11 Å². The molecule has 1 aliphatic carbocycles. The predicted octanol–water partition coefficient (Wildman–Crippen LogP) is 1.86. The van der Waals surface area contributed by atoms with Crippen molar-refractivity contribution in [1.29, 1.82) is 0 Å². The molecule has 4 rings (SSSR count). The van der Waals surface area contributed by atoms with E-state index in [0.29, 0.717) is 11.5 Å². The number of nitrogens with zero attached hydrogens (tertiary/aromatic N) is 5. The number of phenols is 1. The minimum absolute atomic E-state index is 0.0469. The molecule has 1 spiro atoms. The van der Waals surface area contributed by atoms with Gasteiger partial charge in [-0.2, -0.15) is 4.99 Å². The first kappa shape index (κ1) is 16.4. The topological polar surface area (TPSA) is 139 Å². The maximum Gasteiger partial charge on any atom is 0.251 e.